The number of carbonyl (C=O) groups is 2. The Morgan fingerprint density at radius 2 is 1.73 bits per heavy atom. The number of nitrogens with one attached hydrogen (secondary N) is 3. The number of aryl methyl sites for hydroxylation is 1. The maximum Gasteiger partial charge on any atom is 0.273 e. The van der Waals surface area contributed by atoms with Crippen molar-refractivity contribution in [1.29, 1.82) is 0 Å². The number of rotatable bonds is 10. The van der Waals surface area contributed by atoms with Gasteiger partial charge in [-0.2, -0.15) is 0 Å². The molecule has 1 saturated heterocycles. The van der Waals surface area contributed by atoms with E-state index in [2.05, 4.69) is 30.6 Å². The molecule has 14 heteroatoms. The monoisotopic (exact) mass is 627 g/mol. The summed E-state index contributed by atoms with van der Waals surface area (Å²) in [7, 11) is -2.22. The molecule has 1 aromatic heterocycles. The summed E-state index contributed by atoms with van der Waals surface area (Å²) < 4.78 is 39.0. The fourth-order valence-corrected chi connectivity index (χ4v) is 5.33. The van der Waals surface area contributed by atoms with Crippen molar-refractivity contribution in [3.63, 3.8) is 0 Å². The maximum absolute atomic E-state index is 13.6. The second-order valence-corrected chi connectivity index (χ2v) is 13.6. The number of hydrogen-bond donors (Lipinski definition) is 3. The van der Waals surface area contributed by atoms with E-state index in [1.165, 1.54) is 18.0 Å². The minimum absolute atomic E-state index is 0.161. The zero-order chi connectivity index (χ0) is 32.2. The van der Waals surface area contributed by atoms with Crippen LogP contribution in [0.5, 0.6) is 5.75 Å². The quantitative estimate of drug-likeness (QED) is 0.308. The molecule has 0 saturated carbocycles. The summed E-state index contributed by atoms with van der Waals surface area (Å²) in [5.74, 6) is -0.594. The number of ether oxygens (including phenoxy) is 2. The van der Waals surface area contributed by atoms with Crippen molar-refractivity contribution in [2.45, 2.75) is 40.0 Å². The zero-order valence-electron chi connectivity index (χ0n) is 26.3. The van der Waals surface area contributed by atoms with Crippen molar-refractivity contribution in [2.75, 3.05) is 62.8 Å². The topological polar surface area (TPSA) is 157 Å². The minimum atomic E-state index is -3.62. The van der Waals surface area contributed by atoms with E-state index in [-0.39, 0.29) is 28.5 Å². The molecule has 0 bridgehead atoms. The van der Waals surface area contributed by atoms with Crippen molar-refractivity contribution in [3.8, 4) is 11.4 Å². The third-order valence-electron chi connectivity index (χ3n) is 7.39. The first-order valence-electron chi connectivity index (χ1n) is 14.3. The predicted octanol–water partition coefficient (Wildman–Crippen LogP) is 2.88. The fraction of sp³-hybridized carbons (Fsp3) is 0.467. The van der Waals surface area contributed by atoms with Crippen molar-refractivity contribution in [2.24, 2.45) is 0 Å². The number of methoxy groups -OCH3 is 1. The van der Waals surface area contributed by atoms with Gasteiger partial charge in [-0.15, -0.1) is 5.10 Å². The highest BCUT2D eigenvalue weighted by Gasteiger charge is 2.23. The average Bonchev–Trinajstić information content (AvgIpc) is 3.44. The second kappa shape index (κ2) is 13.3. The lowest BCUT2D eigenvalue weighted by molar-refractivity contribution is 0.0383. The lowest BCUT2D eigenvalue weighted by atomic mass is 9.86. The molecule has 1 fully saturated rings. The molecule has 1 aliphatic heterocycles. The van der Waals surface area contributed by atoms with E-state index in [0.717, 1.165) is 36.0 Å². The van der Waals surface area contributed by atoms with Gasteiger partial charge in [-0.3, -0.25) is 19.2 Å². The van der Waals surface area contributed by atoms with Crippen LogP contribution in [0, 0.1) is 13.8 Å². The lowest BCUT2D eigenvalue weighted by Gasteiger charge is -2.26. The van der Waals surface area contributed by atoms with E-state index in [0.29, 0.717) is 43.2 Å². The molecule has 0 atom stereocenters. The number of anilines is 2. The molecule has 2 aromatic carbocycles. The normalized spacial score (nSPS) is 14.2. The molecule has 2 amide bonds. The number of morpholine rings is 1. The van der Waals surface area contributed by atoms with Crippen LogP contribution < -0.4 is 20.1 Å². The zero-order valence-corrected chi connectivity index (χ0v) is 27.1. The molecule has 0 aliphatic carbocycles. The van der Waals surface area contributed by atoms with E-state index < -0.39 is 15.9 Å². The summed E-state index contributed by atoms with van der Waals surface area (Å²) in [5.41, 5.74) is 3.73. The van der Waals surface area contributed by atoms with Crippen molar-refractivity contribution in [1.82, 2.24) is 25.2 Å². The van der Waals surface area contributed by atoms with Gasteiger partial charge in [0.25, 0.3) is 11.8 Å². The third kappa shape index (κ3) is 8.12. The first-order valence-corrected chi connectivity index (χ1v) is 16.2. The molecule has 13 nitrogen and oxygen atoms in total. The Labute approximate surface area is 258 Å². The SMILES string of the molecule is COc1c(NC(=O)c2cc(C)c(C)c(-n3cc(C(=O)NCCN4CCOCC4)nn3)c2)cc(C(C)(C)C)cc1NS(C)(=O)=O. The van der Waals surface area contributed by atoms with Crippen molar-refractivity contribution in [3.05, 3.63) is 58.4 Å². The third-order valence-corrected chi connectivity index (χ3v) is 7.99. The molecule has 1 aliphatic rings. The van der Waals surface area contributed by atoms with Gasteiger partial charge in [0.05, 0.1) is 49.8 Å². The number of carbonyl (C=O) groups excluding carboxylic acids is 2. The van der Waals surface area contributed by atoms with Crippen LogP contribution in [0.25, 0.3) is 5.69 Å². The molecular formula is C30H41N7O6S. The first-order chi connectivity index (χ1) is 20.7. The van der Waals surface area contributed by atoms with Gasteiger partial charge in [0, 0.05) is 31.7 Å². The highest BCUT2D eigenvalue weighted by Crippen LogP contribution is 2.39. The number of aromatic nitrogens is 3. The number of benzene rings is 2. The summed E-state index contributed by atoms with van der Waals surface area (Å²) in [6, 6.07) is 6.89. The van der Waals surface area contributed by atoms with Crippen LogP contribution in [0.1, 0.15) is 58.3 Å². The van der Waals surface area contributed by atoms with Gasteiger partial charge in [0.2, 0.25) is 10.0 Å². The Hall–Kier alpha value is -4.01. The van der Waals surface area contributed by atoms with Gasteiger partial charge >= 0.3 is 0 Å². The molecule has 0 radical (unpaired) electrons. The van der Waals surface area contributed by atoms with E-state index in [4.69, 9.17) is 9.47 Å². The van der Waals surface area contributed by atoms with Crippen LogP contribution in [0.3, 0.4) is 0 Å². The van der Waals surface area contributed by atoms with Crippen molar-refractivity contribution >= 4 is 33.2 Å². The molecule has 238 valence electrons. The van der Waals surface area contributed by atoms with Gasteiger partial charge < -0.3 is 20.1 Å². The molecular weight excluding hydrogens is 586 g/mol. The van der Waals surface area contributed by atoms with Crippen molar-refractivity contribution < 1.29 is 27.5 Å². The number of sulfonamides is 1. The maximum atomic E-state index is 13.6. The van der Waals surface area contributed by atoms with Gasteiger partial charge in [-0.05, 0) is 60.2 Å². The molecule has 0 spiro atoms. The van der Waals surface area contributed by atoms with E-state index in [1.54, 1.807) is 24.3 Å². The summed E-state index contributed by atoms with van der Waals surface area (Å²) in [6.45, 7) is 14.0. The predicted molar refractivity (Wildman–Crippen MR) is 169 cm³/mol. The average molecular weight is 628 g/mol. The summed E-state index contributed by atoms with van der Waals surface area (Å²) in [4.78, 5) is 28.6. The highest BCUT2D eigenvalue weighted by atomic mass is 32.2. The van der Waals surface area contributed by atoms with E-state index >= 15 is 0 Å². The molecule has 44 heavy (non-hydrogen) atoms. The van der Waals surface area contributed by atoms with Crippen LogP contribution in [-0.2, 0) is 20.2 Å². The van der Waals surface area contributed by atoms with Crippen LogP contribution in [-0.4, -0.2) is 92.9 Å². The summed E-state index contributed by atoms with van der Waals surface area (Å²) >= 11 is 0. The largest absolute Gasteiger partial charge is 0.492 e. The lowest BCUT2D eigenvalue weighted by Crippen LogP contribution is -2.41. The summed E-state index contributed by atoms with van der Waals surface area (Å²) in [6.07, 6.45) is 2.59. The standard InChI is InChI=1S/C30H41N7O6S/c1-19-14-21(28(38)32-23-16-22(30(3,4)5)17-24(27(23)42-6)34-44(7,40)41)15-26(20(19)2)37-18-25(33-35-37)29(39)31-8-9-36-10-12-43-13-11-36/h14-18,34H,8-13H2,1-7H3,(H,31,39)(H,32,38). The minimum Gasteiger partial charge on any atom is -0.492 e. The fourth-order valence-electron chi connectivity index (χ4n) is 4.78. The van der Waals surface area contributed by atoms with Crippen LogP contribution in [0.15, 0.2) is 30.5 Å². The Morgan fingerprint density at radius 3 is 2.36 bits per heavy atom. The van der Waals surface area contributed by atoms with E-state index in [1.807, 2.05) is 34.6 Å². The van der Waals surface area contributed by atoms with Crippen LogP contribution >= 0.6 is 0 Å². The van der Waals surface area contributed by atoms with Crippen LogP contribution in [0.2, 0.25) is 0 Å². The Kier molecular flexibility index (Phi) is 9.96. The smallest absolute Gasteiger partial charge is 0.273 e. The Bertz CT molecular complexity index is 1640. The summed E-state index contributed by atoms with van der Waals surface area (Å²) in [5, 5.41) is 14.0. The molecule has 4 rings (SSSR count). The number of nitrogens with zero attached hydrogens (tertiary/aromatic N) is 4. The molecule has 0 unspecified atom stereocenters. The second-order valence-electron chi connectivity index (χ2n) is 11.9. The van der Waals surface area contributed by atoms with E-state index in [9.17, 15) is 18.0 Å². The Balaban J connectivity index is 1.58. The Morgan fingerprint density at radius 1 is 1.05 bits per heavy atom. The highest BCUT2D eigenvalue weighted by molar-refractivity contribution is 7.92. The van der Waals surface area contributed by atoms with Gasteiger partial charge in [-0.25, -0.2) is 13.1 Å². The first kappa shape index (κ1) is 32.9. The van der Waals surface area contributed by atoms with Gasteiger partial charge in [-0.1, -0.05) is 26.0 Å². The number of amides is 2. The molecule has 3 N–H and O–H groups in total. The molecule has 3 aromatic rings. The van der Waals surface area contributed by atoms with Crippen LogP contribution in [0.4, 0.5) is 11.4 Å². The molecule has 2 heterocycles. The van der Waals surface area contributed by atoms with Gasteiger partial charge in [0.1, 0.15) is 0 Å². The number of hydrogen-bond acceptors (Lipinski definition) is 9. The van der Waals surface area contributed by atoms with Gasteiger partial charge in [0.15, 0.2) is 11.4 Å².